The predicted octanol–water partition coefficient (Wildman–Crippen LogP) is 2.50. The molecule has 2 rings (SSSR count). The van der Waals surface area contributed by atoms with Gasteiger partial charge in [-0.2, -0.15) is 0 Å². The first-order valence-corrected chi connectivity index (χ1v) is 9.07. The van der Waals surface area contributed by atoms with Gasteiger partial charge in [-0.15, -0.1) is 0 Å². The zero-order valence-electron chi connectivity index (χ0n) is 16.1. The molecule has 0 aliphatic rings. The number of carbonyl (C=O) groups is 1. The van der Waals surface area contributed by atoms with Gasteiger partial charge in [0.2, 0.25) is 0 Å². The number of amides is 1. The van der Waals surface area contributed by atoms with E-state index in [1.807, 2.05) is 20.8 Å². The number of hydrogen-bond donors (Lipinski definition) is 2. The van der Waals surface area contributed by atoms with Crippen LogP contribution in [0.4, 0.5) is 20.3 Å². The van der Waals surface area contributed by atoms with Gasteiger partial charge in [-0.05, 0) is 24.5 Å². The molecule has 0 fully saturated rings. The Hall–Kier alpha value is -2.97. The van der Waals surface area contributed by atoms with Gasteiger partial charge in [0.15, 0.2) is 5.69 Å². The van der Waals surface area contributed by atoms with Crippen molar-refractivity contribution in [2.45, 2.75) is 40.2 Å². The van der Waals surface area contributed by atoms with Crippen LogP contribution in [0.5, 0.6) is 0 Å². The number of rotatable bonds is 7. The minimum absolute atomic E-state index is 0.0102. The molecule has 0 aliphatic heterocycles. The summed E-state index contributed by atoms with van der Waals surface area (Å²) in [5, 5.41) is 0. The summed E-state index contributed by atoms with van der Waals surface area (Å²) >= 11 is 0. The largest absolute Gasteiger partial charge is 0.383 e. The molecule has 28 heavy (non-hydrogen) atoms. The van der Waals surface area contributed by atoms with Gasteiger partial charge < -0.3 is 10.6 Å². The maximum absolute atomic E-state index is 14.2. The maximum atomic E-state index is 14.2. The topological polar surface area (TPSA) is 101 Å². The Morgan fingerprint density at radius 2 is 1.86 bits per heavy atom. The first-order valence-electron chi connectivity index (χ1n) is 9.07. The fourth-order valence-electron chi connectivity index (χ4n) is 2.85. The van der Waals surface area contributed by atoms with Crippen molar-refractivity contribution in [1.29, 1.82) is 0 Å². The second kappa shape index (κ2) is 8.81. The van der Waals surface area contributed by atoms with Crippen LogP contribution in [0.1, 0.15) is 44.0 Å². The second-order valence-electron chi connectivity index (χ2n) is 6.90. The van der Waals surface area contributed by atoms with Crippen LogP contribution in [0.15, 0.2) is 27.8 Å². The number of benzene rings is 1. The molecule has 0 saturated carbocycles. The van der Waals surface area contributed by atoms with Gasteiger partial charge >= 0.3 is 5.69 Å². The first-order chi connectivity index (χ1) is 13.2. The number of H-pyrrole nitrogens is 1. The van der Waals surface area contributed by atoms with Crippen molar-refractivity contribution in [2.24, 2.45) is 5.92 Å². The molecule has 0 spiro atoms. The highest BCUT2D eigenvalue weighted by Gasteiger charge is 2.28. The molecule has 0 atom stereocenters. The van der Waals surface area contributed by atoms with Crippen molar-refractivity contribution in [3.05, 3.63) is 56.2 Å². The molecular weight excluding hydrogens is 370 g/mol. The number of nitrogens with two attached hydrogens (primary N) is 1. The highest BCUT2D eigenvalue weighted by atomic mass is 19.1. The van der Waals surface area contributed by atoms with Crippen LogP contribution < -0.4 is 21.9 Å². The molecule has 0 bridgehead atoms. The molecule has 1 amide bonds. The van der Waals surface area contributed by atoms with Crippen molar-refractivity contribution in [3.8, 4) is 0 Å². The van der Waals surface area contributed by atoms with E-state index in [9.17, 15) is 23.2 Å². The van der Waals surface area contributed by atoms with E-state index in [1.165, 1.54) is 0 Å². The summed E-state index contributed by atoms with van der Waals surface area (Å²) in [4.78, 5) is 40.7. The average molecular weight is 394 g/mol. The van der Waals surface area contributed by atoms with E-state index in [1.54, 1.807) is 0 Å². The van der Waals surface area contributed by atoms with Crippen LogP contribution in [0.25, 0.3) is 0 Å². The van der Waals surface area contributed by atoms with E-state index in [-0.39, 0.29) is 30.5 Å². The van der Waals surface area contributed by atoms with Crippen LogP contribution in [-0.2, 0) is 6.54 Å². The fraction of sp³-hybridized carbons (Fsp3) is 0.421. The third kappa shape index (κ3) is 4.29. The van der Waals surface area contributed by atoms with Crippen LogP contribution >= 0.6 is 0 Å². The molecular formula is C19H24F2N4O3. The van der Waals surface area contributed by atoms with Crippen LogP contribution in [0.3, 0.4) is 0 Å². The lowest BCUT2D eigenvalue weighted by atomic mass is 10.1. The Labute approximate surface area is 160 Å². The summed E-state index contributed by atoms with van der Waals surface area (Å²) in [7, 11) is 0. The zero-order chi connectivity index (χ0) is 21.0. The number of nitrogens with zero attached hydrogens (tertiary/aromatic N) is 2. The lowest BCUT2D eigenvalue weighted by Gasteiger charge is -2.25. The van der Waals surface area contributed by atoms with Crippen molar-refractivity contribution >= 4 is 17.4 Å². The molecule has 0 unspecified atom stereocenters. The smallest absolute Gasteiger partial charge is 0.330 e. The summed E-state index contributed by atoms with van der Waals surface area (Å²) < 4.78 is 29.5. The van der Waals surface area contributed by atoms with Gasteiger partial charge in [-0.3, -0.25) is 19.1 Å². The molecule has 0 aliphatic carbocycles. The Kier molecular flexibility index (Phi) is 6.71. The molecule has 2 aromatic rings. The molecule has 0 saturated heterocycles. The predicted molar refractivity (Wildman–Crippen MR) is 104 cm³/mol. The number of halogens is 2. The number of unbranched alkanes of at least 4 members (excludes halogenated alkanes) is 1. The first kappa shape index (κ1) is 21.3. The van der Waals surface area contributed by atoms with Crippen LogP contribution in [0.2, 0.25) is 0 Å². The van der Waals surface area contributed by atoms with E-state index in [0.717, 1.165) is 27.7 Å². The van der Waals surface area contributed by atoms with E-state index in [0.29, 0.717) is 12.8 Å². The highest BCUT2D eigenvalue weighted by molar-refractivity contribution is 6.07. The van der Waals surface area contributed by atoms with E-state index < -0.39 is 34.4 Å². The van der Waals surface area contributed by atoms with Crippen molar-refractivity contribution < 1.29 is 13.6 Å². The number of hydrogen-bond acceptors (Lipinski definition) is 4. The fourth-order valence-corrected chi connectivity index (χ4v) is 2.85. The lowest BCUT2D eigenvalue weighted by Crippen LogP contribution is -2.42. The van der Waals surface area contributed by atoms with Gasteiger partial charge in [0.25, 0.3) is 11.5 Å². The number of aromatic nitrogens is 2. The van der Waals surface area contributed by atoms with Gasteiger partial charge in [-0.1, -0.05) is 33.3 Å². The SMILES string of the molecule is CCCCN(C(=O)c1c(F)cccc1F)c1c(N)n(CC(C)C)c(=O)[nH]c1=O. The third-order valence-corrected chi connectivity index (χ3v) is 4.19. The average Bonchev–Trinajstić information content (AvgIpc) is 2.60. The standard InChI is InChI=1S/C19H24F2N4O3/c1-4-5-9-24(18(27)14-12(20)7-6-8-13(14)21)15-16(22)25(10-11(2)3)19(28)23-17(15)26/h6-8,11H,4-5,9-10,22H2,1-3H3,(H,23,26,28). The Morgan fingerprint density at radius 3 is 2.39 bits per heavy atom. The maximum Gasteiger partial charge on any atom is 0.330 e. The Bertz CT molecular complexity index is 962. The monoisotopic (exact) mass is 394 g/mol. The van der Waals surface area contributed by atoms with Crippen LogP contribution in [-0.4, -0.2) is 22.0 Å². The second-order valence-corrected chi connectivity index (χ2v) is 6.90. The number of anilines is 2. The van der Waals surface area contributed by atoms with Crippen molar-refractivity contribution in [1.82, 2.24) is 9.55 Å². The van der Waals surface area contributed by atoms with Gasteiger partial charge in [-0.25, -0.2) is 13.6 Å². The third-order valence-electron chi connectivity index (χ3n) is 4.19. The van der Waals surface area contributed by atoms with Gasteiger partial charge in [0.05, 0.1) is 0 Å². The van der Waals surface area contributed by atoms with Crippen LogP contribution in [0, 0.1) is 17.6 Å². The van der Waals surface area contributed by atoms with E-state index in [4.69, 9.17) is 5.73 Å². The Morgan fingerprint density at radius 1 is 1.25 bits per heavy atom. The van der Waals surface area contributed by atoms with Gasteiger partial charge in [0, 0.05) is 13.1 Å². The zero-order valence-corrected chi connectivity index (χ0v) is 16.1. The number of carbonyl (C=O) groups excluding carboxylic acids is 1. The summed E-state index contributed by atoms with van der Waals surface area (Å²) in [5.74, 6) is -3.31. The van der Waals surface area contributed by atoms with E-state index in [2.05, 4.69) is 4.98 Å². The lowest BCUT2D eigenvalue weighted by molar-refractivity contribution is 0.0978. The number of aromatic amines is 1. The number of nitrogens with one attached hydrogen (secondary N) is 1. The summed E-state index contributed by atoms with van der Waals surface area (Å²) in [6.07, 6.45) is 1.12. The molecule has 7 nitrogen and oxygen atoms in total. The summed E-state index contributed by atoms with van der Waals surface area (Å²) in [5.41, 5.74) is 3.40. The number of nitrogen functional groups attached to an aromatic ring is 1. The normalized spacial score (nSPS) is 11.1. The highest BCUT2D eigenvalue weighted by Crippen LogP contribution is 2.23. The van der Waals surface area contributed by atoms with Gasteiger partial charge in [0.1, 0.15) is 23.0 Å². The van der Waals surface area contributed by atoms with E-state index >= 15 is 0 Å². The molecule has 152 valence electrons. The Balaban J connectivity index is 2.68. The molecule has 1 aromatic carbocycles. The van der Waals surface area contributed by atoms with Crippen molar-refractivity contribution in [2.75, 3.05) is 17.2 Å². The quantitative estimate of drug-likeness (QED) is 0.753. The molecule has 0 radical (unpaired) electrons. The minimum atomic E-state index is -1.04. The van der Waals surface area contributed by atoms with Crippen molar-refractivity contribution in [3.63, 3.8) is 0 Å². The molecule has 1 heterocycles. The summed E-state index contributed by atoms with van der Waals surface area (Å²) in [6.45, 7) is 5.78. The molecule has 9 heteroatoms. The molecule has 3 N–H and O–H groups in total. The minimum Gasteiger partial charge on any atom is -0.383 e. The molecule has 1 aromatic heterocycles. The summed E-state index contributed by atoms with van der Waals surface area (Å²) in [6, 6.07) is 3.06.